The van der Waals surface area contributed by atoms with Crippen LogP contribution in [-0.2, 0) is 13.0 Å². The first-order chi connectivity index (χ1) is 10.8. The SMILES string of the molecule is CCCCCn1nnc(C#N)c1CCCOc1ccccc1. The lowest BCUT2D eigenvalue weighted by Crippen LogP contribution is -2.08. The van der Waals surface area contributed by atoms with Crippen LogP contribution < -0.4 is 4.74 Å². The average Bonchev–Trinajstić information content (AvgIpc) is 2.95. The molecular weight excluding hydrogens is 276 g/mol. The molecule has 116 valence electrons. The minimum Gasteiger partial charge on any atom is -0.494 e. The van der Waals surface area contributed by atoms with Gasteiger partial charge >= 0.3 is 0 Å². The highest BCUT2D eigenvalue weighted by atomic mass is 16.5. The number of hydrogen-bond donors (Lipinski definition) is 0. The molecule has 0 spiro atoms. The molecular formula is C17H22N4O. The molecule has 0 radical (unpaired) electrons. The molecule has 0 saturated heterocycles. The van der Waals surface area contributed by atoms with Crippen molar-refractivity contribution in [3.8, 4) is 11.8 Å². The van der Waals surface area contributed by atoms with Gasteiger partial charge in [0.05, 0.1) is 12.3 Å². The molecule has 0 aliphatic heterocycles. The van der Waals surface area contributed by atoms with Crippen molar-refractivity contribution in [3.63, 3.8) is 0 Å². The van der Waals surface area contributed by atoms with Crippen LogP contribution >= 0.6 is 0 Å². The molecule has 1 aromatic carbocycles. The first-order valence-electron chi connectivity index (χ1n) is 7.85. The molecule has 5 nitrogen and oxygen atoms in total. The van der Waals surface area contributed by atoms with Gasteiger partial charge in [-0.15, -0.1) is 5.10 Å². The Balaban J connectivity index is 1.85. The number of aryl methyl sites for hydroxylation is 1. The normalized spacial score (nSPS) is 10.4. The fraction of sp³-hybridized carbons (Fsp3) is 0.471. The van der Waals surface area contributed by atoms with Gasteiger partial charge in [0.1, 0.15) is 11.8 Å². The van der Waals surface area contributed by atoms with E-state index in [4.69, 9.17) is 10.00 Å². The molecule has 0 atom stereocenters. The van der Waals surface area contributed by atoms with Crippen LogP contribution in [0.1, 0.15) is 44.0 Å². The number of unbranched alkanes of at least 4 members (excludes halogenated alkanes) is 2. The Hall–Kier alpha value is -2.35. The Labute approximate surface area is 131 Å². The van der Waals surface area contributed by atoms with Crippen molar-refractivity contribution in [3.05, 3.63) is 41.7 Å². The van der Waals surface area contributed by atoms with Crippen molar-refractivity contribution in [2.75, 3.05) is 6.61 Å². The fourth-order valence-electron chi connectivity index (χ4n) is 2.30. The van der Waals surface area contributed by atoms with Gasteiger partial charge < -0.3 is 4.74 Å². The van der Waals surface area contributed by atoms with E-state index in [2.05, 4.69) is 23.3 Å². The molecule has 0 bridgehead atoms. The van der Waals surface area contributed by atoms with Gasteiger partial charge in [0, 0.05) is 6.54 Å². The van der Waals surface area contributed by atoms with Gasteiger partial charge in [0.2, 0.25) is 0 Å². The Bertz CT molecular complexity index is 601. The minimum absolute atomic E-state index is 0.441. The van der Waals surface area contributed by atoms with Crippen molar-refractivity contribution >= 4 is 0 Å². The third kappa shape index (κ3) is 4.59. The number of para-hydroxylation sites is 1. The third-order valence-electron chi connectivity index (χ3n) is 3.49. The van der Waals surface area contributed by atoms with E-state index in [1.54, 1.807) is 0 Å². The topological polar surface area (TPSA) is 63.7 Å². The van der Waals surface area contributed by atoms with Crippen LogP contribution in [0.25, 0.3) is 0 Å². The van der Waals surface area contributed by atoms with Crippen LogP contribution in [0.4, 0.5) is 0 Å². The van der Waals surface area contributed by atoms with Crippen molar-refractivity contribution < 1.29 is 4.74 Å². The molecule has 0 aliphatic carbocycles. The lowest BCUT2D eigenvalue weighted by Gasteiger charge is -2.08. The molecule has 1 heterocycles. The molecule has 1 aromatic heterocycles. The summed E-state index contributed by atoms with van der Waals surface area (Å²) in [5, 5.41) is 17.2. The number of benzene rings is 1. The molecule has 2 aromatic rings. The van der Waals surface area contributed by atoms with Crippen molar-refractivity contribution in [2.24, 2.45) is 0 Å². The first-order valence-corrected chi connectivity index (χ1v) is 7.85. The van der Waals surface area contributed by atoms with Gasteiger partial charge in [-0.1, -0.05) is 43.2 Å². The highest BCUT2D eigenvalue weighted by molar-refractivity contribution is 5.25. The molecule has 22 heavy (non-hydrogen) atoms. The second-order valence-electron chi connectivity index (χ2n) is 5.19. The number of ether oxygens (including phenoxy) is 1. The van der Waals surface area contributed by atoms with Crippen LogP contribution in [0.2, 0.25) is 0 Å². The maximum Gasteiger partial charge on any atom is 0.185 e. The summed E-state index contributed by atoms with van der Waals surface area (Å²) in [5.41, 5.74) is 1.37. The predicted molar refractivity (Wildman–Crippen MR) is 84.5 cm³/mol. The van der Waals surface area contributed by atoms with Crippen LogP contribution in [0, 0.1) is 11.3 Å². The Kier molecular flexibility index (Phi) is 6.43. The maximum absolute atomic E-state index is 9.14. The van der Waals surface area contributed by atoms with Crippen LogP contribution in [0.15, 0.2) is 30.3 Å². The molecule has 0 saturated carbocycles. The van der Waals surface area contributed by atoms with Crippen LogP contribution in [-0.4, -0.2) is 21.6 Å². The zero-order chi connectivity index (χ0) is 15.6. The summed E-state index contributed by atoms with van der Waals surface area (Å²) in [6.45, 7) is 3.62. The van der Waals surface area contributed by atoms with E-state index in [0.29, 0.717) is 12.3 Å². The van der Waals surface area contributed by atoms with E-state index >= 15 is 0 Å². The molecule has 0 amide bonds. The number of nitriles is 1. The maximum atomic E-state index is 9.14. The molecule has 5 heteroatoms. The van der Waals surface area contributed by atoms with Gasteiger partial charge in [-0.25, -0.2) is 4.68 Å². The standard InChI is InChI=1S/C17H22N4O/c1-2-3-7-12-21-17(16(14-18)19-20-21)11-8-13-22-15-9-5-4-6-10-15/h4-6,9-10H,2-3,7-8,11-13H2,1H3. The van der Waals surface area contributed by atoms with Crippen molar-refractivity contribution in [1.82, 2.24) is 15.0 Å². The number of nitrogens with zero attached hydrogens (tertiary/aromatic N) is 4. The molecule has 2 rings (SSSR count). The first kappa shape index (κ1) is 16.0. The minimum atomic E-state index is 0.441. The second-order valence-corrected chi connectivity index (χ2v) is 5.19. The summed E-state index contributed by atoms with van der Waals surface area (Å²) in [4.78, 5) is 0. The van der Waals surface area contributed by atoms with E-state index < -0.39 is 0 Å². The lowest BCUT2D eigenvalue weighted by atomic mass is 10.2. The summed E-state index contributed by atoms with van der Waals surface area (Å²) in [6, 6.07) is 11.9. The van der Waals surface area contributed by atoms with E-state index in [9.17, 15) is 0 Å². The summed E-state index contributed by atoms with van der Waals surface area (Å²) in [5.74, 6) is 0.873. The van der Waals surface area contributed by atoms with E-state index in [1.807, 2.05) is 35.0 Å². The number of hydrogen-bond acceptors (Lipinski definition) is 4. The van der Waals surface area contributed by atoms with E-state index in [0.717, 1.165) is 43.7 Å². The quantitative estimate of drug-likeness (QED) is 0.666. The predicted octanol–water partition coefficient (Wildman–Crippen LogP) is 3.35. The lowest BCUT2D eigenvalue weighted by molar-refractivity contribution is 0.309. The van der Waals surface area contributed by atoms with E-state index in [1.165, 1.54) is 6.42 Å². The molecule has 0 fully saturated rings. The smallest absolute Gasteiger partial charge is 0.185 e. The van der Waals surface area contributed by atoms with Gasteiger partial charge in [0.25, 0.3) is 0 Å². The van der Waals surface area contributed by atoms with Crippen LogP contribution in [0.3, 0.4) is 0 Å². The van der Waals surface area contributed by atoms with Crippen molar-refractivity contribution in [2.45, 2.75) is 45.6 Å². The zero-order valence-electron chi connectivity index (χ0n) is 13.0. The Morgan fingerprint density at radius 1 is 1.18 bits per heavy atom. The monoisotopic (exact) mass is 298 g/mol. The third-order valence-corrected chi connectivity index (χ3v) is 3.49. The summed E-state index contributed by atoms with van der Waals surface area (Å²) >= 11 is 0. The van der Waals surface area contributed by atoms with Gasteiger partial charge in [-0.2, -0.15) is 5.26 Å². The summed E-state index contributed by atoms with van der Waals surface area (Å²) in [6.07, 6.45) is 5.00. The highest BCUT2D eigenvalue weighted by Crippen LogP contribution is 2.12. The van der Waals surface area contributed by atoms with Gasteiger partial charge in [0.15, 0.2) is 5.69 Å². The van der Waals surface area contributed by atoms with Gasteiger partial charge in [-0.05, 0) is 31.4 Å². The molecule has 0 unspecified atom stereocenters. The van der Waals surface area contributed by atoms with Crippen LogP contribution in [0.5, 0.6) is 5.75 Å². The summed E-state index contributed by atoms with van der Waals surface area (Å²) < 4.78 is 7.55. The number of rotatable bonds is 9. The Morgan fingerprint density at radius 2 is 2.00 bits per heavy atom. The van der Waals surface area contributed by atoms with E-state index in [-0.39, 0.29) is 0 Å². The molecule has 0 N–H and O–H groups in total. The number of aromatic nitrogens is 3. The fourth-order valence-corrected chi connectivity index (χ4v) is 2.30. The average molecular weight is 298 g/mol. The highest BCUT2D eigenvalue weighted by Gasteiger charge is 2.12. The molecule has 0 aliphatic rings. The Morgan fingerprint density at radius 3 is 2.73 bits per heavy atom. The van der Waals surface area contributed by atoms with Gasteiger partial charge in [-0.3, -0.25) is 0 Å². The zero-order valence-corrected chi connectivity index (χ0v) is 13.0. The second kappa shape index (κ2) is 8.83. The van der Waals surface area contributed by atoms with Crippen molar-refractivity contribution in [1.29, 1.82) is 5.26 Å². The largest absolute Gasteiger partial charge is 0.494 e. The summed E-state index contributed by atoms with van der Waals surface area (Å²) in [7, 11) is 0.